The molecule has 0 saturated carbocycles. The number of hydrogen-bond acceptors (Lipinski definition) is 8. The molecule has 0 bridgehead atoms. The van der Waals surface area contributed by atoms with Crippen molar-refractivity contribution in [2.75, 3.05) is 13.7 Å². The molecule has 18 heavy (non-hydrogen) atoms. The third-order valence-electron chi connectivity index (χ3n) is 2.08. The van der Waals surface area contributed by atoms with Crippen molar-refractivity contribution >= 4 is 21.6 Å². The minimum absolute atomic E-state index is 0.252. The van der Waals surface area contributed by atoms with Gasteiger partial charge in [0.05, 0.1) is 13.2 Å². The van der Waals surface area contributed by atoms with E-state index < -0.39 is 10.0 Å². The molecule has 0 aliphatic heterocycles. The summed E-state index contributed by atoms with van der Waals surface area (Å²) >= 11 is 1.13. The molecule has 0 aromatic carbocycles. The predicted octanol–water partition coefficient (Wildman–Crippen LogP) is -0.910. The fourth-order valence-corrected chi connectivity index (χ4v) is 2.41. The van der Waals surface area contributed by atoms with E-state index in [4.69, 9.17) is 9.88 Å². The van der Waals surface area contributed by atoms with Crippen molar-refractivity contribution in [1.82, 2.24) is 24.4 Å². The van der Waals surface area contributed by atoms with Crippen LogP contribution in [0.3, 0.4) is 0 Å². The van der Waals surface area contributed by atoms with E-state index in [9.17, 15) is 8.42 Å². The van der Waals surface area contributed by atoms with Crippen molar-refractivity contribution in [3.63, 3.8) is 0 Å². The van der Waals surface area contributed by atoms with Gasteiger partial charge in [0, 0.05) is 12.5 Å². The Balaban J connectivity index is 2.51. The molecule has 0 radical (unpaired) electrons. The smallest absolute Gasteiger partial charge is 0.273 e. The second kappa shape index (κ2) is 5.06. The molecular weight excluding hydrogens is 280 g/mol. The maximum absolute atomic E-state index is 11.4. The van der Waals surface area contributed by atoms with Crippen LogP contribution in [-0.4, -0.2) is 46.5 Å². The summed E-state index contributed by atoms with van der Waals surface area (Å²) in [4.78, 5) is 0. The lowest BCUT2D eigenvalue weighted by Gasteiger charge is -2.06. The first-order valence-electron chi connectivity index (χ1n) is 4.76. The minimum Gasteiger partial charge on any atom is -0.383 e. The molecule has 2 N–H and O–H groups in total. The van der Waals surface area contributed by atoms with Crippen molar-refractivity contribution in [2.45, 2.75) is 11.7 Å². The zero-order valence-electron chi connectivity index (χ0n) is 9.35. The summed E-state index contributed by atoms with van der Waals surface area (Å²) in [6.07, 6.45) is 0. The molecule has 0 unspecified atom stereocenters. The molecule has 0 aliphatic carbocycles. The summed E-state index contributed by atoms with van der Waals surface area (Å²) in [6.45, 7) is 0.549. The van der Waals surface area contributed by atoms with Gasteiger partial charge in [-0.05, 0) is 11.5 Å². The van der Waals surface area contributed by atoms with Crippen LogP contribution in [0.4, 0.5) is 0 Å². The molecule has 9 nitrogen and oxygen atoms in total. The standard InChI is InChI=1S/C7H10N6O3S2/c1-16-3-2-13-6(5-4-17-12-9-5)10-11-7(13)18(8,14)15/h4H,2-3H2,1H3,(H2,8,14,15). The topological polar surface area (TPSA) is 126 Å². The Kier molecular flexibility index (Phi) is 3.65. The molecular formula is C7H10N6O3S2. The van der Waals surface area contributed by atoms with Gasteiger partial charge in [0.25, 0.3) is 15.2 Å². The van der Waals surface area contributed by atoms with E-state index in [1.807, 2.05) is 0 Å². The van der Waals surface area contributed by atoms with Gasteiger partial charge in [0.1, 0.15) is 5.69 Å². The fraction of sp³-hybridized carbons (Fsp3) is 0.429. The monoisotopic (exact) mass is 290 g/mol. The summed E-state index contributed by atoms with van der Waals surface area (Å²) in [5, 5.41) is 17.6. The lowest BCUT2D eigenvalue weighted by molar-refractivity contribution is 0.185. The Bertz CT molecular complexity index is 620. The van der Waals surface area contributed by atoms with E-state index in [0.717, 1.165) is 11.5 Å². The van der Waals surface area contributed by atoms with Gasteiger partial charge >= 0.3 is 0 Å². The maximum atomic E-state index is 11.4. The van der Waals surface area contributed by atoms with Crippen LogP contribution in [0.25, 0.3) is 11.5 Å². The Morgan fingerprint density at radius 3 is 2.78 bits per heavy atom. The van der Waals surface area contributed by atoms with Gasteiger partial charge in [-0.2, -0.15) is 0 Å². The molecule has 0 fully saturated rings. The second-order valence-corrected chi connectivity index (χ2v) is 5.35. The zero-order chi connectivity index (χ0) is 13.2. The van der Waals surface area contributed by atoms with Gasteiger partial charge in [-0.25, -0.2) is 13.6 Å². The van der Waals surface area contributed by atoms with Crippen molar-refractivity contribution in [3.8, 4) is 11.5 Å². The van der Waals surface area contributed by atoms with Crippen LogP contribution in [0.5, 0.6) is 0 Å². The van der Waals surface area contributed by atoms with Crippen LogP contribution < -0.4 is 5.14 Å². The molecule has 2 aromatic rings. The zero-order valence-corrected chi connectivity index (χ0v) is 11.0. The van der Waals surface area contributed by atoms with Crippen LogP contribution >= 0.6 is 11.5 Å². The highest BCUT2D eigenvalue weighted by Gasteiger charge is 2.22. The van der Waals surface area contributed by atoms with E-state index in [1.54, 1.807) is 5.38 Å². The molecule has 0 spiro atoms. The Morgan fingerprint density at radius 2 is 2.22 bits per heavy atom. The predicted molar refractivity (Wildman–Crippen MR) is 62.2 cm³/mol. The summed E-state index contributed by atoms with van der Waals surface area (Å²) in [7, 11) is -2.44. The first-order valence-corrected chi connectivity index (χ1v) is 7.14. The van der Waals surface area contributed by atoms with Crippen LogP contribution in [0.15, 0.2) is 10.5 Å². The van der Waals surface area contributed by atoms with Crippen LogP contribution in [0.1, 0.15) is 0 Å². The van der Waals surface area contributed by atoms with Crippen molar-refractivity contribution in [2.24, 2.45) is 5.14 Å². The highest BCUT2D eigenvalue weighted by atomic mass is 32.2. The molecule has 98 valence electrons. The number of nitrogens with zero attached hydrogens (tertiary/aromatic N) is 5. The number of methoxy groups -OCH3 is 1. The molecule has 2 heterocycles. The Labute approximate surface area is 107 Å². The molecule has 0 saturated heterocycles. The maximum Gasteiger partial charge on any atom is 0.273 e. The molecule has 0 aliphatic rings. The number of ether oxygens (including phenoxy) is 1. The summed E-state index contributed by atoms with van der Waals surface area (Å²) in [5.74, 6) is 0.296. The normalized spacial score (nSPS) is 11.9. The minimum atomic E-state index is -3.95. The first kappa shape index (κ1) is 13.0. The quantitative estimate of drug-likeness (QED) is 0.755. The number of primary sulfonamides is 1. The van der Waals surface area contributed by atoms with Gasteiger partial charge in [-0.1, -0.05) is 4.49 Å². The van der Waals surface area contributed by atoms with Gasteiger partial charge in [0.2, 0.25) is 0 Å². The average Bonchev–Trinajstić information content (AvgIpc) is 2.93. The number of hydrogen-bond donors (Lipinski definition) is 1. The van der Waals surface area contributed by atoms with Gasteiger partial charge < -0.3 is 4.74 Å². The van der Waals surface area contributed by atoms with E-state index in [2.05, 4.69) is 19.8 Å². The molecule has 2 rings (SSSR count). The Morgan fingerprint density at radius 1 is 1.44 bits per heavy atom. The summed E-state index contributed by atoms with van der Waals surface area (Å²) in [5.41, 5.74) is 0.443. The van der Waals surface area contributed by atoms with Crippen molar-refractivity contribution < 1.29 is 13.2 Å². The van der Waals surface area contributed by atoms with Crippen LogP contribution in [0, 0.1) is 0 Å². The molecule has 2 aromatic heterocycles. The van der Waals surface area contributed by atoms with Crippen molar-refractivity contribution in [3.05, 3.63) is 5.38 Å². The van der Waals surface area contributed by atoms with E-state index in [-0.39, 0.29) is 11.7 Å². The lowest BCUT2D eigenvalue weighted by Crippen LogP contribution is -2.20. The van der Waals surface area contributed by atoms with Gasteiger partial charge in [-0.3, -0.25) is 4.57 Å². The third-order valence-corrected chi connectivity index (χ3v) is 3.40. The van der Waals surface area contributed by atoms with E-state index >= 15 is 0 Å². The number of rotatable bonds is 5. The second-order valence-electron chi connectivity index (χ2n) is 3.29. The van der Waals surface area contributed by atoms with Crippen LogP contribution in [0.2, 0.25) is 0 Å². The fourth-order valence-electron chi connectivity index (χ4n) is 1.33. The van der Waals surface area contributed by atoms with E-state index in [1.165, 1.54) is 11.7 Å². The first-order chi connectivity index (χ1) is 8.54. The molecule has 0 atom stereocenters. The number of sulfonamides is 1. The molecule has 11 heteroatoms. The summed E-state index contributed by atoms with van der Waals surface area (Å²) in [6, 6.07) is 0. The molecule has 0 amide bonds. The van der Waals surface area contributed by atoms with Crippen LogP contribution in [-0.2, 0) is 21.3 Å². The number of nitrogens with two attached hydrogens (primary N) is 1. The highest BCUT2D eigenvalue weighted by molar-refractivity contribution is 7.89. The lowest BCUT2D eigenvalue weighted by atomic mass is 10.4. The highest BCUT2D eigenvalue weighted by Crippen LogP contribution is 2.18. The van der Waals surface area contributed by atoms with Gasteiger partial charge in [0.15, 0.2) is 5.82 Å². The third kappa shape index (κ3) is 2.53. The van der Waals surface area contributed by atoms with E-state index in [0.29, 0.717) is 18.1 Å². The average molecular weight is 290 g/mol. The summed E-state index contributed by atoms with van der Waals surface area (Å²) < 4.78 is 32.7. The van der Waals surface area contributed by atoms with Crippen molar-refractivity contribution in [1.29, 1.82) is 0 Å². The Hall–Kier alpha value is -1.43. The van der Waals surface area contributed by atoms with Gasteiger partial charge in [-0.15, -0.1) is 15.3 Å². The number of aromatic nitrogens is 5. The SMILES string of the molecule is COCCn1c(-c2csnn2)nnc1S(N)(=O)=O. The largest absolute Gasteiger partial charge is 0.383 e.